The summed E-state index contributed by atoms with van der Waals surface area (Å²) in [5, 5.41) is 2.56. The lowest BCUT2D eigenvalue weighted by atomic mass is 9.83. The molecule has 3 N–H and O–H groups in total. The summed E-state index contributed by atoms with van der Waals surface area (Å²) < 4.78 is 22.9. The average Bonchev–Trinajstić information content (AvgIpc) is 2.88. The van der Waals surface area contributed by atoms with Gasteiger partial charge in [0.15, 0.2) is 5.78 Å². The van der Waals surface area contributed by atoms with E-state index in [0.717, 1.165) is 11.6 Å². The van der Waals surface area contributed by atoms with E-state index >= 15 is 0 Å². The van der Waals surface area contributed by atoms with E-state index in [1.54, 1.807) is 39.4 Å². The Morgan fingerprint density at radius 2 is 1.62 bits per heavy atom. The summed E-state index contributed by atoms with van der Waals surface area (Å²) in [5.41, 5.74) is 6.49. The molecule has 1 aliphatic carbocycles. The molecule has 0 unspecified atom stereocenters. The Kier molecular flexibility index (Phi) is 12.2. The molecule has 0 saturated heterocycles. The third-order valence-electron chi connectivity index (χ3n) is 7.29. The van der Waals surface area contributed by atoms with E-state index < -0.39 is 48.0 Å². The smallest absolute Gasteiger partial charge is 0.405 e. The van der Waals surface area contributed by atoms with Crippen molar-refractivity contribution in [1.29, 1.82) is 0 Å². The molecule has 0 spiro atoms. The van der Waals surface area contributed by atoms with Crippen molar-refractivity contribution in [3.63, 3.8) is 0 Å². The van der Waals surface area contributed by atoms with E-state index in [4.69, 9.17) is 24.7 Å². The summed E-state index contributed by atoms with van der Waals surface area (Å²) in [6, 6.07) is 0. The van der Waals surface area contributed by atoms with Crippen LogP contribution in [0.25, 0.3) is 0 Å². The van der Waals surface area contributed by atoms with Crippen molar-refractivity contribution in [3.05, 3.63) is 58.9 Å². The number of ether oxygens (including phenoxy) is 4. The maximum Gasteiger partial charge on any atom is 0.405 e. The fraction of sp³-hybridized carbons (Fsp3) is 0.533. The van der Waals surface area contributed by atoms with Gasteiger partial charge in [-0.3, -0.25) is 14.4 Å². The number of allylic oxidation sites excluding steroid dienone is 5. The number of carbonyl (C=O) groups excluding carboxylic acids is 4. The number of primary amides is 1. The molecule has 10 heteroatoms. The molecule has 0 saturated carbocycles. The number of rotatable bonds is 4. The van der Waals surface area contributed by atoms with Gasteiger partial charge in [0.05, 0.1) is 24.0 Å². The molecule has 40 heavy (non-hydrogen) atoms. The van der Waals surface area contributed by atoms with Crippen LogP contribution in [0.15, 0.2) is 58.9 Å². The van der Waals surface area contributed by atoms with Gasteiger partial charge in [-0.2, -0.15) is 0 Å². The van der Waals surface area contributed by atoms with Crippen LogP contribution in [0.3, 0.4) is 0 Å². The average molecular weight is 559 g/mol. The van der Waals surface area contributed by atoms with E-state index in [2.05, 4.69) is 5.32 Å². The van der Waals surface area contributed by atoms with Crippen LogP contribution in [0.2, 0.25) is 0 Å². The molecule has 0 aromatic heterocycles. The van der Waals surface area contributed by atoms with Crippen molar-refractivity contribution in [3.8, 4) is 0 Å². The molecule has 2 bridgehead atoms. The summed E-state index contributed by atoms with van der Waals surface area (Å²) in [4.78, 5) is 50.5. The van der Waals surface area contributed by atoms with E-state index in [1.807, 2.05) is 33.8 Å². The third-order valence-corrected chi connectivity index (χ3v) is 7.29. The highest BCUT2D eigenvalue weighted by molar-refractivity contribution is 6.22. The van der Waals surface area contributed by atoms with Crippen LogP contribution in [-0.2, 0) is 33.3 Å². The van der Waals surface area contributed by atoms with Crippen LogP contribution >= 0.6 is 0 Å². The van der Waals surface area contributed by atoms with Crippen molar-refractivity contribution >= 4 is 23.6 Å². The molecule has 0 aromatic rings. The molecule has 10 nitrogen and oxygen atoms in total. The number of Topliss-reactive ketones (excluding diaryl/α,β-unsaturated/α-hetero) is 1. The predicted molar refractivity (Wildman–Crippen MR) is 150 cm³/mol. The number of methoxy groups -OCH3 is 3. The summed E-state index contributed by atoms with van der Waals surface area (Å²) in [6.07, 6.45) is 6.65. The van der Waals surface area contributed by atoms with E-state index in [9.17, 15) is 19.2 Å². The minimum absolute atomic E-state index is 0.119. The molecule has 220 valence electrons. The first kappa shape index (κ1) is 32.9. The molecule has 1 aliphatic heterocycles. The Morgan fingerprint density at radius 3 is 2.20 bits per heavy atom. The summed E-state index contributed by atoms with van der Waals surface area (Å²) >= 11 is 0. The molecule has 7 atom stereocenters. The molecule has 0 aromatic carbocycles. The minimum atomic E-state index is -0.902. The molecule has 0 radical (unpaired) electrons. The molecule has 1 heterocycles. The summed E-state index contributed by atoms with van der Waals surface area (Å²) in [6.45, 7) is 9.17. The van der Waals surface area contributed by atoms with Crippen molar-refractivity contribution < 1.29 is 38.1 Å². The number of ketones is 2. The monoisotopic (exact) mass is 558 g/mol. The van der Waals surface area contributed by atoms with Gasteiger partial charge >= 0.3 is 6.09 Å². The maximum atomic E-state index is 13.4. The standard InChI is InChI=1S/C30H42N2O8/c1-16-10-9-11-17(2)29(35)32-23-15-21(33)14-22(25(23)34)27(38-7)20(5)13-24(37-6)28(39-8)19(4)12-18(3)26(16)40-30(31)36/h9-12,14-16,19-20,24,26-28H,13H2,1-8H3,(H2,31,36)(H,32,35)/b10-9+,17-11-,18-12+/t16-,19-,20-,24-,26+,27+,28+/m0/s1. The number of nitrogens with one attached hydrogen (secondary N) is 1. The first-order chi connectivity index (χ1) is 18.8. The lowest BCUT2D eigenvalue weighted by Gasteiger charge is -2.34. The highest BCUT2D eigenvalue weighted by Gasteiger charge is 2.36. The van der Waals surface area contributed by atoms with Crippen molar-refractivity contribution in [2.45, 2.75) is 65.5 Å². The summed E-state index contributed by atoms with van der Waals surface area (Å²) in [7, 11) is 4.64. The van der Waals surface area contributed by atoms with E-state index in [0.29, 0.717) is 12.0 Å². The number of hydrogen-bond acceptors (Lipinski definition) is 8. The molecular weight excluding hydrogens is 516 g/mol. The second kappa shape index (κ2) is 14.9. The molecular formula is C30H42N2O8. The predicted octanol–water partition coefficient (Wildman–Crippen LogP) is 3.33. The largest absolute Gasteiger partial charge is 0.441 e. The Balaban J connectivity index is 2.62. The van der Waals surface area contributed by atoms with Crippen LogP contribution in [0.5, 0.6) is 0 Å². The fourth-order valence-electron chi connectivity index (χ4n) is 5.27. The Hall–Kier alpha value is -3.34. The van der Waals surface area contributed by atoms with Crippen molar-refractivity contribution in [2.24, 2.45) is 23.5 Å². The first-order valence-corrected chi connectivity index (χ1v) is 13.3. The Labute approximate surface area is 236 Å². The van der Waals surface area contributed by atoms with E-state index in [-0.39, 0.29) is 29.0 Å². The second-order valence-corrected chi connectivity index (χ2v) is 10.4. The number of carbonyl (C=O) groups is 4. The van der Waals surface area contributed by atoms with Gasteiger partial charge < -0.3 is 30.0 Å². The SMILES string of the molecule is CO[C@H]1[C@@H](OC)C[C@H](C)[C@@H](OC)C2=CC(=O)C=C(NC(=O)/C(C)=C\C=C\[C@H](C)[C@@H](OC(N)=O)/C(C)=C/[C@@H]1C)C2=O. The van der Waals surface area contributed by atoms with Gasteiger partial charge in [-0.25, -0.2) is 4.79 Å². The number of amides is 2. The highest BCUT2D eigenvalue weighted by Crippen LogP contribution is 2.30. The zero-order valence-electron chi connectivity index (χ0n) is 24.6. The van der Waals surface area contributed by atoms with Gasteiger partial charge in [0, 0.05) is 50.4 Å². The number of nitrogens with two attached hydrogens (primary N) is 1. The first-order valence-electron chi connectivity index (χ1n) is 13.3. The van der Waals surface area contributed by atoms with Crippen molar-refractivity contribution in [1.82, 2.24) is 5.32 Å². The molecule has 0 fully saturated rings. The lowest BCUT2D eigenvalue weighted by molar-refractivity contribution is -0.120. The zero-order valence-corrected chi connectivity index (χ0v) is 24.6. The van der Waals surface area contributed by atoms with Gasteiger partial charge in [-0.05, 0) is 37.8 Å². The topological polar surface area (TPSA) is 143 Å². The van der Waals surface area contributed by atoms with Crippen LogP contribution < -0.4 is 11.1 Å². The minimum Gasteiger partial charge on any atom is -0.441 e. The van der Waals surface area contributed by atoms with Crippen LogP contribution in [0, 0.1) is 17.8 Å². The second-order valence-electron chi connectivity index (χ2n) is 10.4. The van der Waals surface area contributed by atoms with Crippen LogP contribution in [0.1, 0.15) is 41.0 Å². The highest BCUT2D eigenvalue weighted by atomic mass is 16.6. The quantitative estimate of drug-likeness (QED) is 0.395. The molecule has 2 aliphatic rings. The Morgan fingerprint density at radius 1 is 0.950 bits per heavy atom. The van der Waals surface area contributed by atoms with Gasteiger partial charge in [-0.15, -0.1) is 0 Å². The van der Waals surface area contributed by atoms with Crippen LogP contribution in [0.4, 0.5) is 4.79 Å². The molecule has 2 rings (SSSR count). The zero-order chi connectivity index (χ0) is 30.1. The Bertz CT molecular complexity index is 1130. The number of hydrogen-bond donors (Lipinski definition) is 2. The van der Waals surface area contributed by atoms with Gasteiger partial charge in [-0.1, -0.05) is 45.1 Å². The third kappa shape index (κ3) is 8.33. The normalized spacial score (nSPS) is 34.4. The molecule has 2 amide bonds. The number of fused-ring (bicyclic) bond motifs is 2. The van der Waals surface area contributed by atoms with Crippen LogP contribution in [-0.4, -0.2) is 69.3 Å². The van der Waals surface area contributed by atoms with Gasteiger partial charge in [0.2, 0.25) is 5.78 Å². The van der Waals surface area contributed by atoms with Gasteiger partial charge in [0.1, 0.15) is 6.10 Å². The van der Waals surface area contributed by atoms with Crippen molar-refractivity contribution in [2.75, 3.05) is 21.3 Å². The fourth-order valence-corrected chi connectivity index (χ4v) is 5.27. The maximum absolute atomic E-state index is 13.4. The van der Waals surface area contributed by atoms with E-state index in [1.165, 1.54) is 13.2 Å². The van der Waals surface area contributed by atoms with Gasteiger partial charge in [0.25, 0.3) is 5.91 Å². The lowest BCUT2D eigenvalue weighted by Crippen LogP contribution is -2.40. The summed E-state index contributed by atoms with van der Waals surface area (Å²) in [5.74, 6) is -2.19.